The number of hydrazone groups is 1. The molecule has 2 aromatic rings. The minimum Gasteiger partial charge on any atom is -0.508 e. The molecule has 114 valence electrons. The molecule has 3 rings (SSSR count). The second kappa shape index (κ2) is 6.52. The van der Waals surface area contributed by atoms with Gasteiger partial charge >= 0.3 is 0 Å². The number of benzene rings is 2. The van der Waals surface area contributed by atoms with Crippen molar-refractivity contribution in [1.29, 1.82) is 0 Å². The summed E-state index contributed by atoms with van der Waals surface area (Å²) in [6, 6.07) is 15.1. The first-order valence-corrected chi connectivity index (χ1v) is 7.58. The van der Waals surface area contributed by atoms with Crippen molar-refractivity contribution in [3.63, 3.8) is 0 Å². The molecule has 0 saturated carbocycles. The molecule has 1 aliphatic rings. The number of hydrogen-bond donors (Lipinski definition) is 2. The first-order valence-electron chi connectivity index (χ1n) is 7.58. The van der Waals surface area contributed by atoms with Crippen LogP contribution < -0.4 is 0 Å². The fourth-order valence-electron chi connectivity index (χ4n) is 2.82. The summed E-state index contributed by atoms with van der Waals surface area (Å²) in [6.07, 6.45) is 3.82. The molecule has 0 aliphatic carbocycles. The van der Waals surface area contributed by atoms with E-state index in [9.17, 15) is 10.2 Å². The van der Waals surface area contributed by atoms with Crippen molar-refractivity contribution < 1.29 is 10.2 Å². The molecule has 1 heterocycles. The summed E-state index contributed by atoms with van der Waals surface area (Å²) >= 11 is 0. The third kappa shape index (κ3) is 3.39. The molecule has 2 N–H and O–H groups in total. The van der Waals surface area contributed by atoms with Gasteiger partial charge in [0.25, 0.3) is 0 Å². The van der Waals surface area contributed by atoms with Gasteiger partial charge in [-0.3, -0.25) is 5.01 Å². The van der Waals surface area contributed by atoms with E-state index in [-0.39, 0.29) is 11.5 Å². The molecule has 0 bridgehead atoms. The molecule has 0 radical (unpaired) electrons. The SMILES string of the molecule is Oc1ccc(/C=N/N2CCC(c3ccccc3)CC2)c(O)c1. The topological polar surface area (TPSA) is 56.1 Å². The zero-order chi connectivity index (χ0) is 15.4. The van der Waals surface area contributed by atoms with Crippen LogP contribution >= 0.6 is 0 Å². The minimum absolute atomic E-state index is 0.0444. The number of piperidine rings is 1. The predicted molar refractivity (Wildman–Crippen MR) is 87.4 cm³/mol. The number of phenolic OH excluding ortho intramolecular Hbond substituents is 2. The Kier molecular flexibility index (Phi) is 4.28. The summed E-state index contributed by atoms with van der Waals surface area (Å²) in [5.41, 5.74) is 2.02. The van der Waals surface area contributed by atoms with Crippen molar-refractivity contribution >= 4 is 6.21 Å². The van der Waals surface area contributed by atoms with E-state index in [4.69, 9.17) is 0 Å². The molecular weight excluding hydrogens is 276 g/mol. The second-order valence-electron chi connectivity index (χ2n) is 5.63. The van der Waals surface area contributed by atoms with Crippen LogP contribution in [0.15, 0.2) is 53.6 Å². The highest BCUT2D eigenvalue weighted by Crippen LogP contribution is 2.28. The lowest BCUT2D eigenvalue weighted by Crippen LogP contribution is -2.28. The lowest BCUT2D eigenvalue weighted by atomic mass is 9.90. The number of rotatable bonds is 3. The van der Waals surface area contributed by atoms with E-state index in [1.807, 2.05) is 11.1 Å². The van der Waals surface area contributed by atoms with Gasteiger partial charge in [-0.2, -0.15) is 5.10 Å². The molecule has 1 saturated heterocycles. The Hall–Kier alpha value is -2.49. The van der Waals surface area contributed by atoms with Crippen LogP contribution in [-0.4, -0.2) is 34.5 Å². The van der Waals surface area contributed by atoms with Gasteiger partial charge < -0.3 is 10.2 Å². The molecule has 0 unspecified atom stereocenters. The first-order chi connectivity index (χ1) is 10.7. The average molecular weight is 296 g/mol. The molecule has 0 amide bonds. The summed E-state index contributed by atoms with van der Waals surface area (Å²) in [5.74, 6) is 0.705. The van der Waals surface area contributed by atoms with Gasteiger partial charge in [0.15, 0.2) is 0 Å². The maximum Gasteiger partial charge on any atom is 0.128 e. The smallest absolute Gasteiger partial charge is 0.128 e. The number of phenols is 2. The second-order valence-corrected chi connectivity index (χ2v) is 5.63. The normalized spacial score (nSPS) is 16.3. The fourth-order valence-corrected chi connectivity index (χ4v) is 2.82. The lowest BCUT2D eigenvalue weighted by molar-refractivity contribution is 0.222. The van der Waals surface area contributed by atoms with E-state index in [1.54, 1.807) is 18.3 Å². The number of hydrogen-bond acceptors (Lipinski definition) is 4. The molecule has 0 aromatic heterocycles. The fraction of sp³-hybridized carbons (Fsp3) is 0.278. The van der Waals surface area contributed by atoms with Crippen LogP contribution in [0.4, 0.5) is 0 Å². The Balaban J connectivity index is 1.59. The van der Waals surface area contributed by atoms with Crippen LogP contribution in [0.1, 0.15) is 29.9 Å². The quantitative estimate of drug-likeness (QED) is 0.854. The van der Waals surface area contributed by atoms with Gasteiger partial charge in [-0.15, -0.1) is 0 Å². The third-order valence-electron chi connectivity index (χ3n) is 4.12. The molecular formula is C18H20N2O2. The van der Waals surface area contributed by atoms with Crippen LogP contribution in [0.3, 0.4) is 0 Å². The molecule has 22 heavy (non-hydrogen) atoms. The van der Waals surface area contributed by atoms with Gasteiger partial charge in [0.1, 0.15) is 11.5 Å². The Labute approximate surface area is 130 Å². The van der Waals surface area contributed by atoms with Gasteiger partial charge in [-0.05, 0) is 36.5 Å². The van der Waals surface area contributed by atoms with Crippen molar-refractivity contribution in [2.24, 2.45) is 5.10 Å². The van der Waals surface area contributed by atoms with Gasteiger partial charge in [-0.25, -0.2) is 0 Å². The highest BCUT2D eigenvalue weighted by Gasteiger charge is 2.19. The molecule has 1 aliphatic heterocycles. The minimum atomic E-state index is 0.0444. The number of aromatic hydroxyl groups is 2. The van der Waals surface area contributed by atoms with E-state index in [0.29, 0.717) is 11.5 Å². The van der Waals surface area contributed by atoms with Crippen LogP contribution in [-0.2, 0) is 0 Å². The Morgan fingerprint density at radius 3 is 2.41 bits per heavy atom. The van der Waals surface area contributed by atoms with Gasteiger partial charge in [0, 0.05) is 24.7 Å². The maximum atomic E-state index is 9.74. The van der Waals surface area contributed by atoms with Crippen molar-refractivity contribution in [2.75, 3.05) is 13.1 Å². The maximum absolute atomic E-state index is 9.74. The van der Waals surface area contributed by atoms with Gasteiger partial charge in [0.05, 0.1) is 6.21 Å². The molecule has 0 atom stereocenters. The van der Waals surface area contributed by atoms with Gasteiger partial charge in [0.2, 0.25) is 0 Å². The van der Waals surface area contributed by atoms with Crippen LogP contribution in [0.2, 0.25) is 0 Å². The number of nitrogens with zero attached hydrogens (tertiary/aromatic N) is 2. The summed E-state index contributed by atoms with van der Waals surface area (Å²) in [5, 5.41) is 25.5. The van der Waals surface area contributed by atoms with E-state index >= 15 is 0 Å². The van der Waals surface area contributed by atoms with E-state index in [0.717, 1.165) is 25.9 Å². The lowest BCUT2D eigenvalue weighted by Gasteiger charge is -2.30. The van der Waals surface area contributed by atoms with Crippen molar-refractivity contribution in [3.8, 4) is 11.5 Å². The van der Waals surface area contributed by atoms with Crippen molar-refractivity contribution in [2.45, 2.75) is 18.8 Å². The summed E-state index contributed by atoms with van der Waals surface area (Å²) < 4.78 is 0. The largest absolute Gasteiger partial charge is 0.508 e. The summed E-state index contributed by atoms with van der Waals surface area (Å²) in [7, 11) is 0. The van der Waals surface area contributed by atoms with Crippen LogP contribution in [0.25, 0.3) is 0 Å². The summed E-state index contributed by atoms with van der Waals surface area (Å²) in [6.45, 7) is 1.82. The van der Waals surface area contributed by atoms with Crippen molar-refractivity contribution in [1.82, 2.24) is 5.01 Å². The summed E-state index contributed by atoms with van der Waals surface area (Å²) in [4.78, 5) is 0. The molecule has 1 fully saturated rings. The standard InChI is InChI=1S/C18H20N2O2/c21-17-7-6-16(18(22)12-17)13-19-20-10-8-15(9-11-20)14-4-2-1-3-5-14/h1-7,12-13,15,21-22H,8-11H2/b19-13+. The Morgan fingerprint density at radius 2 is 1.73 bits per heavy atom. The zero-order valence-corrected chi connectivity index (χ0v) is 12.4. The Morgan fingerprint density at radius 1 is 1.00 bits per heavy atom. The van der Waals surface area contributed by atoms with Crippen LogP contribution in [0.5, 0.6) is 11.5 Å². The predicted octanol–water partition coefficient (Wildman–Crippen LogP) is 3.31. The van der Waals surface area contributed by atoms with E-state index in [2.05, 4.69) is 29.4 Å². The zero-order valence-electron chi connectivity index (χ0n) is 12.4. The average Bonchev–Trinajstić information content (AvgIpc) is 2.55. The van der Waals surface area contributed by atoms with Crippen molar-refractivity contribution in [3.05, 3.63) is 59.7 Å². The third-order valence-corrected chi connectivity index (χ3v) is 4.12. The highest BCUT2D eigenvalue weighted by molar-refractivity contribution is 5.83. The van der Waals surface area contributed by atoms with Crippen LogP contribution in [0, 0.1) is 0 Å². The monoisotopic (exact) mass is 296 g/mol. The first kappa shape index (κ1) is 14.4. The van der Waals surface area contributed by atoms with E-state index < -0.39 is 0 Å². The molecule has 0 spiro atoms. The molecule has 2 aromatic carbocycles. The highest BCUT2D eigenvalue weighted by atomic mass is 16.3. The molecule has 4 nitrogen and oxygen atoms in total. The molecule has 4 heteroatoms. The van der Waals surface area contributed by atoms with Gasteiger partial charge in [-0.1, -0.05) is 30.3 Å². The Bertz CT molecular complexity index is 647. The van der Waals surface area contributed by atoms with E-state index in [1.165, 1.54) is 11.6 Å².